The van der Waals surface area contributed by atoms with Crippen LogP contribution in [0.3, 0.4) is 0 Å². The third-order valence-corrected chi connectivity index (χ3v) is 4.49. The first-order chi connectivity index (χ1) is 9.13. The molecule has 3 N–H and O–H groups in total. The van der Waals surface area contributed by atoms with Gasteiger partial charge in [-0.3, -0.25) is 0 Å². The number of rotatable bonds is 3. The van der Waals surface area contributed by atoms with E-state index in [4.69, 9.17) is 10.9 Å². The van der Waals surface area contributed by atoms with E-state index in [0.717, 1.165) is 15.7 Å². The smallest absolute Gasteiger partial charge is 0.170 e. The third kappa shape index (κ3) is 3.21. The van der Waals surface area contributed by atoms with Gasteiger partial charge >= 0.3 is 0 Å². The molecule has 104 valence electrons. The van der Waals surface area contributed by atoms with E-state index < -0.39 is 0 Å². The van der Waals surface area contributed by atoms with Crippen molar-refractivity contribution in [1.29, 1.82) is 0 Å². The molecule has 0 unspecified atom stereocenters. The molecule has 1 saturated carbocycles. The normalized spacial score (nSPS) is 17.5. The molecule has 0 saturated heterocycles. The van der Waals surface area contributed by atoms with Crippen molar-refractivity contribution in [2.75, 3.05) is 11.9 Å². The van der Waals surface area contributed by atoms with Crippen LogP contribution in [0.1, 0.15) is 37.7 Å². The maximum Gasteiger partial charge on any atom is 0.170 e. The predicted octanol–water partition coefficient (Wildman–Crippen LogP) is 3.31. The molecular formula is C14H20BrN3O. The fourth-order valence-electron chi connectivity index (χ4n) is 2.68. The molecule has 0 bridgehead atoms. The number of amidine groups is 1. The second-order valence-electron chi connectivity index (χ2n) is 5.05. The van der Waals surface area contributed by atoms with Gasteiger partial charge < -0.3 is 15.8 Å². The van der Waals surface area contributed by atoms with E-state index in [1.165, 1.54) is 32.1 Å². The molecule has 0 aromatic heterocycles. The molecule has 1 aromatic rings. The summed E-state index contributed by atoms with van der Waals surface area (Å²) in [5.41, 5.74) is 7.47. The Hall–Kier alpha value is -1.23. The highest BCUT2D eigenvalue weighted by molar-refractivity contribution is 9.10. The van der Waals surface area contributed by atoms with Crippen molar-refractivity contribution in [3.63, 3.8) is 0 Å². The molecule has 0 aliphatic heterocycles. The number of benzene rings is 1. The third-order valence-electron chi connectivity index (χ3n) is 3.85. The summed E-state index contributed by atoms with van der Waals surface area (Å²) in [6, 6.07) is 6.41. The van der Waals surface area contributed by atoms with Gasteiger partial charge in [-0.05, 0) is 47.0 Å². The van der Waals surface area contributed by atoms with Crippen LogP contribution < -0.4 is 10.6 Å². The number of anilines is 1. The lowest BCUT2D eigenvalue weighted by atomic mass is 9.94. The highest BCUT2D eigenvalue weighted by Gasteiger charge is 2.20. The van der Waals surface area contributed by atoms with Gasteiger partial charge in [0.1, 0.15) is 0 Å². The number of nitrogens with two attached hydrogens (primary N) is 1. The molecule has 5 heteroatoms. The molecule has 0 heterocycles. The first kappa shape index (κ1) is 14.2. The highest BCUT2D eigenvalue weighted by atomic mass is 79.9. The molecule has 19 heavy (non-hydrogen) atoms. The summed E-state index contributed by atoms with van der Waals surface area (Å²) < 4.78 is 0.977. The van der Waals surface area contributed by atoms with Crippen molar-refractivity contribution in [3.05, 3.63) is 28.2 Å². The van der Waals surface area contributed by atoms with Gasteiger partial charge in [-0.25, -0.2) is 0 Å². The molecule has 1 aliphatic carbocycles. The van der Waals surface area contributed by atoms with Crippen molar-refractivity contribution >= 4 is 27.5 Å². The zero-order valence-electron chi connectivity index (χ0n) is 11.1. The van der Waals surface area contributed by atoms with Gasteiger partial charge in [0.05, 0.1) is 5.69 Å². The monoisotopic (exact) mass is 325 g/mol. The minimum atomic E-state index is 0.132. The second kappa shape index (κ2) is 6.28. The maximum atomic E-state index is 8.70. The largest absolute Gasteiger partial charge is 0.409 e. The average Bonchev–Trinajstić information content (AvgIpc) is 2.46. The minimum Gasteiger partial charge on any atom is -0.409 e. The summed E-state index contributed by atoms with van der Waals surface area (Å²) in [6.07, 6.45) is 6.49. The number of hydrogen-bond donors (Lipinski definition) is 2. The Labute approximate surface area is 122 Å². The summed E-state index contributed by atoms with van der Waals surface area (Å²) in [7, 11) is 2.14. The lowest BCUT2D eigenvalue weighted by Gasteiger charge is -2.33. The molecule has 1 aliphatic rings. The Bertz CT molecular complexity index is 470. The van der Waals surface area contributed by atoms with Gasteiger partial charge in [0.15, 0.2) is 5.84 Å². The van der Waals surface area contributed by atoms with Gasteiger partial charge in [-0.15, -0.1) is 0 Å². The van der Waals surface area contributed by atoms with E-state index in [1.54, 1.807) is 0 Å². The SMILES string of the molecule is CN(c1ccc(/C(N)=N/O)cc1Br)C1CCCCC1. The quantitative estimate of drug-likeness (QED) is 0.388. The van der Waals surface area contributed by atoms with Crippen molar-refractivity contribution in [3.8, 4) is 0 Å². The van der Waals surface area contributed by atoms with Crippen molar-refractivity contribution < 1.29 is 5.21 Å². The molecule has 0 atom stereocenters. The number of hydrogen-bond acceptors (Lipinski definition) is 3. The minimum absolute atomic E-state index is 0.132. The topological polar surface area (TPSA) is 61.8 Å². The summed E-state index contributed by atoms with van der Waals surface area (Å²) in [6.45, 7) is 0. The fraction of sp³-hybridized carbons (Fsp3) is 0.500. The molecule has 4 nitrogen and oxygen atoms in total. The van der Waals surface area contributed by atoms with Crippen LogP contribution in [0.5, 0.6) is 0 Å². The van der Waals surface area contributed by atoms with E-state index in [2.05, 4.69) is 33.0 Å². The van der Waals surface area contributed by atoms with Crippen LogP contribution in [0.2, 0.25) is 0 Å². The van der Waals surface area contributed by atoms with Crippen LogP contribution >= 0.6 is 15.9 Å². The molecule has 0 amide bonds. The van der Waals surface area contributed by atoms with Crippen LogP contribution in [-0.2, 0) is 0 Å². The summed E-state index contributed by atoms with van der Waals surface area (Å²) in [5, 5.41) is 11.7. The number of oxime groups is 1. The van der Waals surface area contributed by atoms with Gasteiger partial charge in [0.25, 0.3) is 0 Å². The van der Waals surface area contributed by atoms with Gasteiger partial charge in [-0.2, -0.15) is 0 Å². The lowest BCUT2D eigenvalue weighted by Crippen LogP contribution is -2.33. The van der Waals surface area contributed by atoms with Crippen molar-refractivity contribution in [1.82, 2.24) is 0 Å². The molecule has 2 rings (SSSR count). The van der Waals surface area contributed by atoms with Crippen LogP contribution in [0.15, 0.2) is 27.8 Å². The van der Waals surface area contributed by atoms with Gasteiger partial charge in [-0.1, -0.05) is 24.4 Å². The Morgan fingerprint density at radius 2 is 2.05 bits per heavy atom. The molecular weight excluding hydrogens is 306 g/mol. The molecule has 1 aromatic carbocycles. The maximum absolute atomic E-state index is 8.70. The molecule has 0 radical (unpaired) electrons. The fourth-order valence-corrected chi connectivity index (χ4v) is 3.33. The molecule has 0 spiro atoms. The number of halogens is 1. The Morgan fingerprint density at radius 3 is 2.63 bits per heavy atom. The van der Waals surface area contributed by atoms with Crippen LogP contribution in [0, 0.1) is 0 Å². The van der Waals surface area contributed by atoms with E-state index in [0.29, 0.717) is 6.04 Å². The zero-order valence-corrected chi connectivity index (χ0v) is 12.7. The summed E-state index contributed by atoms with van der Waals surface area (Å²) in [4.78, 5) is 2.33. The van der Waals surface area contributed by atoms with E-state index in [1.807, 2.05) is 18.2 Å². The Morgan fingerprint density at radius 1 is 1.37 bits per heavy atom. The highest BCUT2D eigenvalue weighted by Crippen LogP contribution is 2.31. The first-order valence-electron chi connectivity index (χ1n) is 6.63. The Kier molecular flexibility index (Phi) is 4.69. The predicted molar refractivity (Wildman–Crippen MR) is 81.9 cm³/mol. The zero-order chi connectivity index (χ0) is 13.8. The lowest BCUT2D eigenvalue weighted by molar-refractivity contribution is 0.318. The average molecular weight is 326 g/mol. The van der Waals surface area contributed by atoms with E-state index in [-0.39, 0.29) is 5.84 Å². The Balaban J connectivity index is 2.20. The van der Waals surface area contributed by atoms with Gasteiger partial charge in [0.2, 0.25) is 0 Å². The van der Waals surface area contributed by atoms with Crippen LogP contribution in [-0.4, -0.2) is 24.1 Å². The second-order valence-corrected chi connectivity index (χ2v) is 5.91. The number of nitrogens with zero attached hydrogens (tertiary/aromatic N) is 2. The first-order valence-corrected chi connectivity index (χ1v) is 7.43. The standard InChI is InChI=1S/C14H20BrN3O/c1-18(11-5-3-2-4-6-11)13-8-7-10(9-12(13)15)14(16)17-19/h7-9,11,19H,2-6H2,1H3,(H2,16,17). The van der Waals surface area contributed by atoms with E-state index >= 15 is 0 Å². The summed E-state index contributed by atoms with van der Waals surface area (Å²) >= 11 is 3.58. The van der Waals surface area contributed by atoms with E-state index in [9.17, 15) is 0 Å². The molecule has 1 fully saturated rings. The van der Waals surface area contributed by atoms with Gasteiger partial charge in [0, 0.05) is 23.1 Å². The van der Waals surface area contributed by atoms with Crippen LogP contribution in [0.25, 0.3) is 0 Å². The van der Waals surface area contributed by atoms with Crippen LogP contribution in [0.4, 0.5) is 5.69 Å². The van der Waals surface area contributed by atoms with Crippen molar-refractivity contribution in [2.24, 2.45) is 10.9 Å². The summed E-state index contributed by atoms with van der Waals surface area (Å²) in [5.74, 6) is 0.132. The van der Waals surface area contributed by atoms with Crippen molar-refractivity contribution in [2.45, 2.75) is 38.1 Å².